The van der Waals surface area contributed by atoms with Crippen LogP contribution >= 0.6 is 39.5 Å². The lowest BCUT2D eigenvalue weighted by atomic mass is 10.2. The Labute approximate surface area is 127 Å². The SMILES string of the molecule is Cc1ccsc1Cn1c(=S)[nH]c2cc(Br)c(F)cc21. The Morgan fingerprint density at radius 1 is 1.47 bits per heavy atom. The first kappa shape index (κ1) is 13.0. The molecule has 0 aliphatic heterocycles. The van der Waals surface area contributed by atoms with Crippen LogP contribution in [0.2, 0.25) is 0 Å². The van der Waals surface area contributed by atoms with Crippen LogP contribution < -0.4 is 0 Å². The number of hydrogen-bond acceptors (Lipinski definition) is 2. The van der Waals surface area contributed by atoms with Gasteiger partial charge in [-0.05, 0) is 58.1 Å². The molecular weight excluding hydrogens is 347 g/mol. The molecule has 2 nitrogen and oxygen atoms in total. The van der Waals surface area contributed by atoms with Crippen molar-refractivity contribution >= 4 is 50.5 Å². The largest absolute Gasteiger partial charge is 0.331 e. The number of hydrogen-bond donors (Lipinski definition) is 1. The van der Waals surface area contributed by atoms with Crippen LogP contribution in [0.5, 0.6) is 0 Å². The Morgan fingerprint density at radius 3 is 2.95 bits per heavy atom. The average molecular weight is 357 g/mol. The van der Waals surface area contributed by atoms with Crippen LogP contribution in [0.15, 0.2) is 28.1 Å². The van der Waals surface area contributed by atoms with Gasteiger partial charge in [0.2, 0.25) is 0 Å². The van der Waals surface area contributed by atoms with Gasteiger partial charge < -0.3 is 9.55 Å². The van der Waals surface area contributed by atoms with Gasteiger partial charge >= 0.3 is 0 Å². The molecule has 6 heteroatoms. The van der Waals surface area contributed by atoms with E-state index in [9.17, 15) is 4.39 Å². The number of thiophene rings is 1. The molecule has 3 aromatic rings. The second-order valence-electron chi connectivity index (χ2n) is 4.33. The molecule has 0 saturated heterocycles. The summed E-state index contributed by atoms with van der Waals surface area (Å²) in [7, 11) is 0. The van der Waals surface area contributed by atoms with Gasteiger partial charge in [0.05, 0.1) is 22.1 Å². The normalized spacial score (nSPS) is 11.3. The zero-order chi connectivity index (χ0) is 13.6. The van der Waals surface area contributed by atoms with Crippen molar-refractivity contribution < 1.29 is 4.39 Å². The zero-order valence-corrected chi connectivity index (χ0v) is 13.3. The maximum absolute atomic E-state index is 13.7. The minimum Gasteiger partial charge on any atom is -0.331 e. The number of fused-ring (bicyclic) bond motifs is 1. The number of aryl methyl sites for hydroxylation is 1. The van der Waals surface area contributed by atoms with Crippen molar-refractivity contribution in [1.82, 2.24) is 9.55 Å². The van der Waals surface area contributed by atoms with Gasteiger partial charge in [0.1, 0.15) is 5.82 Å². The van der Waals surface area contributed by atoms with Crippen LogP contribution in [0.1, 0.15) is 10.4 Å². The summed E-state index contributed by atoms with van der Waals surface area (Å²) >= 11 is 10.2. The number of rotatable bonds is 2. The highest BCUT2D eigenvalue weighted by molar-refractivity contribution is 9.10. The number of nitrogens with one attached hydrogen (secondary N) is 1. The lowest BCUT2D eigenvalue weighted by Crippen LogP contribution is -1.99. The number of aromatic nitrogens is 2. The predicted octanol–water partition coefficient (Wildman–Crippen LogP) is 5.02. The lowest BCUT2D eigenvalue weighted by Gasteiger charge is -2.04. The van der Waals surface area contributed by atoms with E-state index >= 15 is 0 Å². The number of halogens is 2. The highest BCUT2D eigenvalue weighted by Gasteiger charge is 2.10. The highest BCUT2D eigenvalue weighted by Crippen LogP contribution is 2.25. The predicted molar refractivity (Wildman–Crippen MR) is 82.9 cm³/mol. The number of imidazole rings is 1. The molecule has 1 N–H and O–H groups in total. The summed E-state index contributed by atoms with van der Waals surface area (Å²) < 4.78 is 16.7. The van der Waals surface area contributed by atoms with E-state index in [4.69, 9.17) is 12.2 Å². The van der Waals surface area contributed by atoms with E-state index in [1.807, 2.05) is 4.57 Å². The van der Waals surface area contributed by atoms with Crippen molar-refractivity contribution in [3.05, 3.63) is 49.1 Å². The molecule has 2 heterocycles. The maximum Gasteiger partial charge on any atom is 0.178 e. The molecule has 2 aromatic heterocycles. The summed E-state index contributed by atoms with van der Waals surface area (Å²) in [5.74, 6) is -0.279. The fourth-order valence-electron chi connectivity index (χ4n) is 2.02. The first-order valence-electron chi connectivity index (χ1n) is 5.67. The first-order chi connectivity index (χ1) is 9.06. The topological polar surface area (TPSA) is 20.7 Å². The Morgan fingerprint density at radius 2 is 2.26 bits per heavy atom. The fraction of sp³-hybridized carbons (Fsp3) is 0.154. The maximum atomic E-state index is 13.7. The number of H-pyrrole nitrogens is 1. The third-order valence-corrected chi connectivity index (χ3v) is 5.02. The molecule has 98 valence electrons. The summed E-state index contributed by atoms with van der Waals surface area (Å²) in [5, 5.41) is 2.06. The second-order valence-corrected chi connectivity index (χ2v) is 6.57. The van der Waals surface area contributed by atoms with Crippen molar-refractivity contribution in [2.24, 2.45) is 0 Å². The molecule has 0 amide bonds. The number of nitrogens with zero attached hydrogens (tertiary/aromatic N) is 1. The van der Waals surface area contributed by atoms with Crippen molar-refractivity contribution in [3.63, 3.8) is 0 Å². The van der Waals surface area contributed by atoms with Gasteiger partial charge in [-0.3, -0.25) is 0 Å². The van der Waals surface area contributed by atoms with E-state index in [0.29, 0.717) is 15.8 Å². The first-order valence-corrected chi connectivity index (χ1v) is 7.75. The quantitative estimate of drug-likeness (QED) is 0.639. The van der Waals surface area contributed by atoms with Crippen LogP contribution in [0.25, 0.3) is 11.0 Å². The summed E-state index contributed by atoms with van der Waals surface area (Å²) in [6.45, 7) is 2.74. The molecule has 0 aliphatic carbocycles. The number of benzene rings is 1. The minimum absolute atomic E-state index is 0.279. The van der Waals surface area contributed by atoms with Crippen molar-refractivity contribution in [3.8, 4) is 0 Å². The molecule has 0 aliphatic rings. The average Bonchev–Trinajstić information content (AvgIpc) is 2.88. The summed E-state index contributed by atoms with van der Waals surface area (Å²) in [6, 6.07) is 5.31. The lowest BCUT2D eigenvalue weighted by molar-refractivity contribution is 0.622. The van der Waals surface area contributed by atoms with E-state index in [2.05, 4.69) is 39.3 Å². The molecule has 0 radical (unpaired) electrons. The molecule has 0 fully saturated rings. The molecule has 0 saturated carbocycles. The third kappa shape index (κ3) is 2.28. The van der Waals surface area contributed by atoms with Crippen LogP contribution in [-0.4, -0.2) is 9.55 Å². The fourth-order valence-corrected chi connectivity index (χ4v) is 3.53. The zero-order valence-electron chi connectivity index (χ0n) is 10.0. The summed E-state index contributed by atoms with van der Waals surface area (Å²) in [4.78, 5) is 4.35. The minimum atomic E-state index is -0.279. The van der Waals surface area contributed by atoms with Crippen LogP contribution in [0.3, 0.4) is 0 Å². The molecule has 0 spiro atoms. The van der Waals surface area contributed by atoms with Gasteiger partial charge in [-0.25, -0.2) is 4.39 Å². The molecule has 0 unspecified atom stereocenters. The standard InChI is InChI=1S/C13H10BrFN2S2/c1-7-2-3-19-12(7)6-17-11-5-9(15)8(14)4-10(11)16-13(17)18/h2-5H,6H2,1H3,(H,16,18). The van der Waals surface area contributed by atoms with Crippen molar-refractivity contribution in [2.75, 3.05) is 0 Å². The Bertz CT molecular complexity index is 816. The Hall–Kier alpha value is -0.980. The van der Waals surface area contributed by atoms with Crippen LogP contribution in [-0.2, 0) is 6.54 Å². The van der Waals surface area contributed by atoms with Crippen LogP contribution in [0.4, 0.5) is 4.39 Å². The van der Waals surface area contributed by atoms with Crippen LogP contribution in [0, 0.1) is 17.5 Å². The van der Waals surface area contributed by atoms with E-state index < -0.39 is 0 Å². The van der Waals surface area contributed by atoms with Gasteiger partial charge in [0, 0.05) is 10.9 Å². The molecule has 1 aromatic carbocycles. The van der Waals surface area contributed by atoms with Gasteiger partial charge in [-0.2, -0.15) is 0 Å². The molecular formula is C13H10BrFN2S2. The smallest absolute Gasteiger partial charge is 0.178 e. The Balaban J connectivity index is 2.18. The van der Waals surface area contributed by atoms with Crippen molar-refractivity contribution in [1.29, 1.82) is 0 Å². The monoisotopic (exact) mass is 356 g/mol. The van der Waals surface area contributed by atoms with E-state index in [0.717, 1.165) is 11.0 Å². The van der Waals surface area contributed by atoms with Gasteiger partial charge in [-0.15, -0.1) is 11.3 Å². The van der Waals surface area contributed by atoms with Gasteiger partial charge in [-0.1, -0.05) is 0 Å². The van der Waals surface area contributed by atoms with Gasteiger partial charge in [0.25, 0.3) is 0 Å². The molecule has 3 rings (SSSR count). The summed E-state index contributed by atoms with van der Waals surface area (Å²) in [5.41, 5.74) is 2.87. The molecule has 0 atom stereocenters. The highest BCUT2D eigenvalue weighted by atomic mass is 79.9. The van der Waals surface area contributed by atoms with Crippen molar-refractivity contribution in [2.45, 2.75) is 13.5 Å². The molecule has 0 bridgehead atoms. The second kappa shape index (κ2) is 4.85. The third-order valence-electron chi connectivity index (χ3n) is 3.09. The van der Waals surface area contributed by atoms with E-state index in [-0.39, 0.29) is 5.82 Å². The van der Waals surface area contributed by atoms with E-state index in [1.54, 1.807) is 17.4 Å². The van der Waals surface area contributed by atoms with E-state index in [1.165, 1.54) is 16.5 Å². The Kier molecular flexibility index (Phi) is 3.32. The number of aromatic amines is 1. The van der Waals surface area contributed by atoms with Gasteiger partial charge in [0.15, 0.2) is 4.77 Å². The molecule has 19 heavy (non-hydrogen) atoms. The summed E-state index contributed by atoms with van der Waals surface area (Å²) in [6.07, 6.45) is 0.